The average Bonchev–Trinajstić information content (AvgIpc) is 2.83. The van der Waals surface area contributed by atoms with Crippen LogP contribution >= 0.6 is 0 Å². The highest BCUT2D eigenvalue weighted by Gasteiger charge is 2.19. The highest BCUT2D eigenvalue weighted by Crippen LogP contribution is 2.26. The van der Waals surface area contributed by atoms with Gasteiger partial charge in [0.1, 0.15) is 0 Å². The molecule has 16 heavy (non-hydrogen) atoms. The summed E-state index contributed by atoms with van der Waals surface area (Å²) in [6.45, 7) is 3.59. The number of nitrogens with one attached hydrogen (secondary N) is 1. The van der Waals surface area contributed by atoms with E-state index in [0.29, 0.717) is 0 Å². The third-order valence-electron chi connectivity index (χ3n) is 4.40. The monoisotopic (exact) mass is 221 g/mol. The molecule has 0 heterocycles. The van der Waals surface area contributed by atoms with Crippen molar-refractivity contribution >= 4 is 0 Å². The van der Waals surface area contributed by atoms with Crippen LogP contribution in [-0.2, 0) is 0 Å². The third-order valence-corrected chi connectivity index (χ3v) is 4.40. The Morgan fingerprint density at radius 1 is 1.25 bits per heavy atom. The van der Waals surface area contributed by atoms with Gasteiger partial charge in [0.05, 0.1) is 0 Å². The van der Waals surface area contributed by atoms with Gasteiger partial charge in [0.2, 0.25) is 0 Å². The van der Waals surface area contributed by atoms with Crippen molar-refractivity contribution in [2.24, 2.45) is 5.92 Å². The molecule has 0 aromatic carbocycles. The Kier molecular flexibility index (Phi) is 4.90. The van der Waals surface area contributed by atoms with Crippen molar-refractivity contribution in [3.05, 3.63) is 11.6 Å². The van der Waals surface area contributed by atoms with Crippen LogP contribution in [0, 0.1) is 5.92 Å². The molecule has 1 saturated carbocycles. The molecule has 1 N–H and O–H groups in total. The number of hydrogen-bond acceptors (Lipinski definition) is 1. The quantitative estimate of drug-likeness (QED) is 0.691. The van der Waals surface area contributed by atoms with Crippen molar-refractivity contribution in [3.8, 4) is 0 Å². The Hall–Kier alpha value is -0.300. The lowest BCUT2D eigenvalue weighted by molar-refractivity contribution is 0.282. The first-order chi connectivity index (χ1) is 7.86. The molecule has 92 valence electrons. The van der Waals surface area contributed by atoms with Crippen LogP contribution in [0.4, 0.5) is 0 Å². The van der Waals surface area contributed by atoms with E-state index >= 15 is 0 Å². The topological polar surface area (TPSA) is 12.0 Å². The van der Waals surface area contributed by atoms with Crippen molar-refractivity contribution < 1.29 is 0 Å². The standard InChI is InChI=1S/C15H27N/c1-13(15-9-3-2-4-10-15)16-12-11-14-7-5-6-8-14/h7,13,15-16H,2-6,8-12H2,1H3. The maximum atomic E-state index is 3.74. The molecule has 0 spiro atoms. The Morgan fingerprint density at radius 2 is 2.06 bits per heavy atom. The average molecular weight is 221 g/mol. The summed E-state index contributed by atoms with van der Waals surface area (Å²) in [5.41, 5.74) is 1.70. The van der Waals surface area contributed by atoms with E-state index in [1.807, 2.05) is 0 Å². The Bertz CT molecular complexity index is 226. The molecule has 0 saturated heterocycles. The molecule has 1 unspecified atom stereocenters. The number of hydrogen-bond donors (Lipinski definition) is 1. The SMILES string of the molecule is CC(NCCC1=CCCC1)C1CCCCC1. The molecule has 0 amide bonds. The predicted octanol–water partition coefficient (Wildman–Crippen LogP) is 4.05. The smallest absolute Gasteiger partial charge is 0.00671 e. The van der Waals surface area contributed by atoms with E-state index in [1.165, 1.54) is 64.3 Å². The largest absolute Gasteiger partial charge is 0.314 e. The first-order valence-electron chi connectivity index (χ1n) is 7.27. The van der Waals surface area contributed by atoms with Gasteiger partial charge in [-0.1, -0.05) is 30.9 Å². The maximum Gasteiger partial charge on any atom is 0.00671 e. The molecule has 0 bridgehead atoms. The molecule has 1 nitrogen and oxygen atoms in total. The van der Waals surface area contributed by atoms with E-state index < -0.39 is 0 Å². The van der Waals surface area contributed by atoms with Gasteiger partial charge in [-0.2, -0.15) is 0 Å². The minimum absolute atomic E-state index is 0.738. The fourth-order valence-corrected chi connectivity index (χ4v) is 3.23. The maximum absolute atomic E-state index is 3.74. The van der Waals surface area contributed by atoms with E-state index in [0.717, 1.165) is 12.0 Å². The van der Waals surface area contributed by atoms with E-state index in [9.17, 15) is 0 Å². The van der Waals surface area contributed by atoms with Crippen LogP contribution in [0.3, 0.4) is 0 Å². The van der Waals surface area contributed by atoms with Gasteiger partial charge in [-0.25, -0.2) is 0 Å². The van der Waals surface area contributed by atoms with Crippen molar-refractivity contribution in [1.29, 1.82) is 0 Å². The summed E-state index contributed by atoms with van der Waals surface area (Å²) in [6, 6.07) is 0.738. The van der Waals surface area contributed by atoms with Gasteiger partial charge in [0.15, 0.2) is 0 Å². The zero-order chi connectivity index (χ0) is 11.2. The van der Waals surface area contributed by atoms with Gasteiger partial charge < -0.3 is 5.32 Å². The second kappa shape index (κ2) is 6.44. The van der Waals surface area contributed by atoms with Crippen LogP contribution in [0.25, 0.3) is 0 Å². The van der Waals surface area contributed by atoms with E-state index in [-0.39, 0.29) is 0 Å². The summed E-state index contributed by atoms with van der Waals surface area (Å²) in [7, 11) is 0. The molecule has 0 radical (unpaired) electrons. The molecule has 0 aromatic rings. The van der Waals surface area contributed by atoms with Crippen LogP contribution in [0.2, 0.25) is 0 Å². The molecule has 1 heteroatoms. The summed E-state index contributed by atoms with van der Waals surface area (Å²) < 4.78 is 0. The summed E-state index contributed by atoms with van der Waals surface area (Å²) in [5.74, 6) is 0.950. The Labute approximate surface area is 101 Å². The molecular formula is C15H27N. The first kappa shape index (κ1) is 12.2. The van der Waals surface area contributed by atoms with E-state index in [2.05, 4.69) is 18.3 Å². The zero-order valence-corrected chi connectivity index (χ0v) is 10.8. The van der Waals surface area contributed by atoms with Gasteiger partial charge in [-0.3, -0.25) is 0 Å². The van der Waals surface area contributed by atoms with Crippen molar-refractivity contribution in [2.45, 2.75) is 70.8 Å². The van der Waals surface area contributed by atoms with E-state index in [1.54, 1.807) is 5.57 Å². The highest BCUT2D eigenvalue weighted by molar-refractivity contribution is 5.07. The van der Waals surface area contributed by atoms with Crippen LogP contribution < -0.4 is 5.32 Å². The van der Waals surface area contributed by atoms with Gasteiger partial charge in [0.25, 0.3) is 0 Å². The van der Waals surface area contributed by atoms with Crippen molar-refractivity contribution in [2.75, 3.05) is 6.54 Å². The van der Waals surface area contributed by atoms with Crippen LogP contribution in [0.15, 0.2) is 11.6 Å². The van der Waals surface area contributed by atoms with Crippen LogP contribution in [-0.4, -0.2) is 12.6 Å². The molecule has 0 aromatic heterocycles. The van der Waals surface area contributed by atoms with Crippen molar-refractivity contribution in [1.82, 2.24) is 5.32 Å². The van der Waals surface area contributed by atoms with Gasteiger partial charge in [0, 0.05) is 6.04 Å². The molecule has 2 aliphatic rings. The molecular weight excluding hydrogens is 194 g/mol. The molecule has 0 aliphatic heterocycles. The summed E-state index contributed by atoms with van der Waals surface area (Å²) >= 11 is 0. The second-order valence-electron chi connectivity index (χ2n) is 5.65. The summed E-state index contributed by atoms with van der Waals surface area (Å²) in [6.07, 6.45) is 15.1. The minimum atomic E-state index is 0.738. The summed E-state index contributed by atoms with van der Waals surface area (Å²) in [4.78, 5) is 0. The molecule has 1 atom stereocenters. The second-order valence-corrected chi connectivity index (χ2v) is 5.65. The molecule has 1 fully saturated rings. The third kappa shape index (κ3) is 3.62. The zero-order valence-electron chi connectivity index (χ0n) is 10.8. The molecule has 2 rings (SSSR count). The Balaban J connectivity index is 1.60. The van der Waals surface area contributed by atoms with Gasteiger partial charge in [-0.15, -0.1) is 0 Å². The van der Waals surface area contributed by atoms with E-state index in [4.69, 9.17) is 0 Å². The van der Waals surface area contributed by atoms with Crippen molar-refractivity contribution in [3.63, 3.8) is 0 Å². The lowest BCUT2D eigenvalue weighted by Crippen LogP contribution is -2.35. The van der Waals surface area contributed by atoms with Gasteiger partial charge in [-0.05, 0) is 57.9 Å². The number of allylic oxidation sites excluding steroid dienone is 1. The van der Waals surface area contributed by atoms with Gasteiger partial charge >= 0.3 is 0 Å². The Morgan fingerprint density at radius 3 is 2.75 bits per heavy atom. The number of rotatable bonds is 5. The normalized spacial score (nSPS) is 24.4. The summed E-state index contributed by atoms with van der Waals surface area (Å²) in [5, 5.41) is 3.74. The first-order valence-corrected chi connectivity index (χ1v) is 7.27. The predicted molar refractivity (Wildman–Crippen MR) is 70.6 cm³/mol. The van der Waals surface area contributed by atoms with Crippen LogP contribution in [0.5, 0.6) is 0 Å². The lowest BCUT2D eigenvalue weighted by Gasteiger charge is -2.28. The minimum Gasteiger partial charge on any atom is -0.314 e. The molecule has 2 aliphatic carbocycles. The van der Waals surface area contributed by atoms with Crippen LogP contribution in [0.1, 0.15) is 64.7 Å². The fourth-order valence-electron chi connectivity index (χ4n) is 3.23. The lowest BCUT2D eigenvalue weighted by atomic mass is 9.84. The highest BCUT2D eigenvalue weighted by atomic mass is 14.9. The fraction of sp³-hybridized carbons (Fsp3) is 0.867.